The number of likely N-dealkylation sites (tertiary alicyclic amines) is 1. The maximum Gasteiger partial charge on any atom is 0.0351 e. The van der Waals surface area contributed by atoms with Gasteiger partial charge in [-0.25, -0.2) is 0 Å². The molecule has 0 atom stereocenters. The molecular weight excluding hydrogens is 288 g/mol. The summed E-state index contributed by atoms with van der Waals surface area (Å²) in [5.74, 6) is 0. The lowest BCUT2D eigenvalue weighted by molar-refractivity contribution is 0.137. The first-order chi connectivity index (χ1) is 8.55. The van der Waals surface area contributed by atoms with Gasteiger partial charge >= 0.3 is 0 Å². The third-order valence-electron chi connectivity index (χ3n) is 3.79. The summed E-state index contributed by atoms with van der Waals surface area (Å²) in [6.45, 7) is 9.41. The van der Waals surface area contributed by atoms with Crippen LogP contribution in [0.2, 0.25) is 0 Å². The molecular formula is C15H23BrN2. The first-order valence-corrected chi connectivity index (χ1v) is 7.56. The Morgan fingerprint density at radius 3 is 2.67 bits per heavy atom. The summed E-state index contributed by atoms with van der Waals surface area (Å²) < 4.78 is 1.13. The van der Waals surface area contributed by atoms with Gasteiger partial charge in [-0.2, -0.15) is 0 Å². The van der Waals surface area contributed by atoms with E-state index in [1.165, 1.54) is 31.6 Å². The molecule has 3 heteroatoms. The van der Waals surface area contributed by atoms with Crippen molar-refractivity contribution in [2.75, 3.05) is 31.5 Å². The molecule has 1 N–H and O–H groups in total. The van der Waals surface area contributed by atoms with Crippen LogP contribution < -0.4 is 5.32 Å². The number of rotatable bonds is 4. The second-order valence-corrected chi connectivity index (χ2v) is 6.86. The van der Waals surface area contributed by atoms with Crippen LogP contribution in [0.25, 0.3) is 0 Å². The summed E-state index contributed by atoms with van der Waals surface area (Å²) in [6, 6.07) is 8.36. The Morgan fingerprint density at radius 1 is 1.28 bits per heavy atom. The van der Waals surface area contributed by atoms with Crippen molar-refractivity contribution in [2.24, 2.45) is 5.41 Å². The van der Waals surface area contributed by atoms with Crippen molar-refractivity contribution in [3.63, 3.8) is 0 Å². The third kappa shape index (κ3) is 4.29. The molecule has 1 aromatic rings. The zero-order valence-electron chi connectivity index (χ0n) is 11.4. The summed E-state index contributed by atoms with van der Waals surface area (Å²) in [7, 11) is 0. The molecule has 1 fully saturated rings. The van der Waals surface area contributed by atoms with Crippen molar-refractivity contribution in [3.05, 3.63) is 28.7 Å². The Morgan fingerprint density at radius 2 is 2.00 bits per heavy atom. The summed E-state index contributed by atoms with van der Waals surface area (Å²) in [6.07, 6.45) is 2.65. The molecule has 0 spiro atoms. The number of nitrogens with zero attached hydrogens (tertiary/aromatic N) is 1. The monoisotopic (exact) mass is 310 g/mol. The molecule has 0 aromatic heterocycles. The molecule has 0 bridgehead atoms. The maximum absolute atomic E-state index is 3.49. The Balaban J connectivity index is 1.70. The number of nitrogens with one attached hydrogen (secondary N) is 1. The van der Waals surface area contributed by atoms with Crippen LogP contribution in [0.5, 0.6) is 0 Å². The largest absolute Gasteiger partial charge is 0.384 e. The van der Waals surface area contributed by atoms with Crippen LogP contribution in [0, 0.1) is 5.41 Å². The second kappa shape index (κ2) is 6.07. The zero-order valence-corrected chi connectivity index (χ0v) is 13.0. The summed E-state index contributed by atoms with van der Waals surface area (Å²) in [5.41, 5.74) is 1.75. The molecule has 0 amide bonds. The second-order valence-electron chi connectivity index (χ2n) is 5.94. The first kappa shape index (κ1) is 13.9. The van der Waals surface area contributed by atoms with Crippen molar-refractivity contribution in [1.29, 1.82) is 0 Å². The minimum atomic E-state index is 0.550. The highest BCUT2D eigenvalue weighted by atomic mass is 79.9. The first-order valence-electron chi connectivity index (χ1n) is 6.77. The van der Waals surface area contributed by atoms with E-state index in [2.05, 4.69) is 64.3 Å². The number of halogens is 1. The number of piperidine rings is 1. The molecule has 1 aliphatic rings. The molecule has 1 aliphatic heterocycles. The quantitative estimate of drug-likeness (QED) is 0.905. The predicted octanol–water partition coefficient (Wildman–Crippen LogP) is 3.98. The van der Waals surface area contributed by atoms with E-state index >= 15 is 0 Å². The molecule has 100 valence electrons. The smallest absolute Gasteiger partial charge is 0.0351 e. The third-order valence-corrected chi connectivity index (χ3v) is 4.28. The minimum absolute atomic E-state index is 0.550. The molecule has 0 aliphatic carbocycles. The van der Waals surface area contributed by atoms with Gasteiger partial charge in [0, 0.05) is 23.2 Å². The Labute approximate surface area is 119 Å². The van der Waals surface area contributed by atoms with E-state index in [0.29, 0.717) is 5.41 Å². The fourth-order valence-corrected chi connectivity index (χ4v) is 2.74. The Hall–Kier alpha value is -0.540. The highest BCUT2D eigenvalue weighted by molar-refractivity contribution is 9.10. The van der Waals surface area contributed by atoms with Crippen LogP contribution in [-0.2, 0) is 0 Å². The van der Waals surface area contributed by atoms with Gasteiger partial charge in [-0.1, -0.05) is 35.8 Å². The average Bonchev–Trinajstić information content (AvgIpc) is 2.31. The van der Waals surface area contributed by atoms with E-state index in [-0.39, 0.29) is 0 Å². The SMILES string of the molecule is CC1(C)CCN(CCNc2cccc(Br)c2)CC1. The van der Waals surface area contributed by atoms with E-state index in [9.17, 15) is 0 Å². The molecule has 1 saturated heterocycles. The van der Waals surface area contributed by atoms with Crippen LogP contribution in [-0.4, -0.2) is 31.1 Å². The summed E-state index contributed by atoms with van der Waals surface area (Å²) in [4.78, 5) is 2.57. The lowest BCUT2D eigenvalue weighted by Gasteiger charge is -2.36. The lowest BCUT2D eigenvalue weighted by atomic mass is 9.83. The standard InChI is InChI=1S/C15H23BrN2/c1-15(2)6-9-18(10-7-15)11-8-17-14-5-3-4-13(16)12-14/h3-5,12,17H,6-11H2,1-2H3. The average molecular weight is 311 g/mol. The number of benzene rings is 1. The van der Waals surface area contributed by atoms with Crippen molar-refractivity contribution in [3.8, 4) is 0 Å². The fraction of sp³-hybridized carbons (Fsp3) is 0.600. The van der Waals surface area contributed by atoms with E-state index in [1.807, 2.05) is 0 Å². The number of hydrogen-bond acceptors (Lipinski definition) is 2. The van der Waals surface area contributed by atoms with Gasteiger partial charge in [-0.15, -0.1) is 0 Å². The number of anilines is 1. The van der Waals surface area contributed by atoms with Gasteiger partial charge < -0.3 is 10.2 Å². The highest BCUT2D eigenvalue weighted by Crippen LogP contribution is 2.29. The van der Waals surface area contributed by atoms with Crippen LogP contribution in [0.3, 0.4) is 0 Å². The molecule has 2 rings (SSSR count). The molecule has 0 radical (unpaired) electrons. The number of hydrogen-bond donors (Lipinski definition) is 1. The van der Waals surface area contributed by atoms with Gasteiger partial charge in [0.2, 0.25) is 0 Å². The maximum atomic E-state index is 3.49. The van der Waals surface area contributed by atoms with Gasteiger partial charge in [-0.05, 0) is 49.5 Å². The van der Waals surface area contributed by atoms with Crippen molar-refractivity contribution in [2.45, 2.75) is 26.7 Å². The van der Waals surface area contributed by atoms with E-state index in [0.717, 1.165) is 17.6 Å². The van der Waals surface area contributed by atoms with E-state index in [4.69, 9.17) is 0 Å². The molecule has 1 heterocycles. The van der Waals surface area contributed by atoms with Crippen molar-refractivity contribution >= 4 is 21.6 Å². The van der Waals surface area contributed by atoms with Gasteiger partial charge in [-0.3, -0.25) is 0 Å². The van der Waals surface area contributed by atoms with E-state index in [1.54, 1.807) is 0 Å². The topological polar surface area (TPSA) is 15.3 Å². The lowest BCUT2D eigenvalue weighted by Crippen LogP contribution is -2.39. The van der Waals surface area contributed by atoms with Crippen LogP contribution in [0.15, 0.2) is 28.7 Å². The van der Waals surface area contributed by atoms with Gasteiger partial charge in [0.05, 0.1) is 0 Å². The molecule has 18 heavy (non-hydrogen) atoms. The molecule has 2 nitrogen and oxygen atoms in total. The van der Waals surface area contributed by atoms with Gasteiger partial charge in [0.1, 0.15) is 0 Å². The summed E-state index contributed by atoms with van der Waals surface area (Å²) in [5, 5.41) is 3.48. The summed E-state index contributed by atoms with van der Waals surface area (Å²) >= 11 is 3.49. The van der Waals surface area contributed by atoms with Crippen LogP contribution >= 0.6 is 15.9 Å². The Kier molecular flexibility index (Phi) is 4.68. The predicted molar refractivity (Wildman–Crippen MR) is 82.1 cm³/mol. The van der Waals surface area contributed by atoms with Gasteiger partial charge in [0.25, 0.3) is 0 Å². The highest BCUT2D eigenvalue weighted by Gasteiger charge is 2.24. The van der Waals surface area contributed by atoms with E-state index < -0.39 is 0 Å². The van der Waals surface area contributed by atoms with Crippen molar-refractivity contribution < 1.29 is 0 Å². The normalized spacial score (nSPS) is 19.7. The van der Waals surface area contributed by atoms with Crippen LogP contribution in [0.4, 0.5) is 5.69 Å². The fourth-order valence-electron chi connectivity index (χ4n) is 2.34. The molecule has 0 unspecified atom stereocenters. The molecule has 1 aromatic carbocycles. The minimum Gasteiger partial charge on any atom is -0.384 e. The van der Waals surface area contributed by atoms with Crippen molar-refractivity contribution in [1.82, 2.24) is 4.90 Å². The zero-order chi connectivity index (χ0) is 13.0. The molecule has 0 saturated carbocycles. The Bertz CT molecular complexity index is 380. The van der Waals surface area contributed by atoms with Gasteiger partial charge in [0.15, 0.2) is 0 Å². The van der Waals surface area contributed by atoms with Crippen LogP contribution in [0.1, 0.15) is 26.7 Å².